The summed E-state index contributed by atoms with van der Waals surface area (Å²) < 4.78 is 29.6. The second kappa shape index (κ2) is 6.64. The van der Waals surface area contributed by atoms with E-state index in [1.165, 1.54) is 0 Å². The molecule has 24 heavy (non-hydrogen) atoms. The average Bonchev–Trinajstić information content (AvgIpc) is 3.03. The zero-order valence-electron chi connectivity index (χ0n) is 12.6. The van der Waals surface area contributed by atoms with Gasteiger partial charge in [-0.1, -0.05) is 47.6 Å². The Balaban J connectivity index is 1.72. The van der Waals surface area contributed by atoms with Crippen LogP contribution < -0.4 is 0 Å². The van der Waals surface area contributed by atoms with E-state index in [9.17, 15) is 8.42 Å². The summed E-state index contributed by atoms with van der Waals surface area (Å²) in [5.74, 6) is -0.0594. The molecule has 3 rings (SSSR count). The third kappa shape index (κ3) is 3.86. The van der Waals surface area contributed by atoms with Gasteiger partial charge in [-0.25, -0.2) is 8.42 Å². The predicted octanol–water partition coefficient (Wildman–Crippen LogP) is 2.72. The van der Waals surface area contributed by atoms with E-state index in [4.69, 9.17) is 9.78 Å². The fraction of sp³-hybridized carbons (Fsp3) is 0.118. The first-order chi connectivity index (χ1) is 11.6. The number of sulfone groups is 1. The van der Waals surface area contributed by atoms with Crippen LogP contribution in [-0.2, 0) is 21.3 Å². The van der Waals surface area contributed by atoms with E-state index in [2.05, 4.69) is 10.1 Å². The molecule has 0 N–H and O–H groups in total. The highest BCUT2D eigenvalue weighted by Gasteiger charge is 2.18. The van der Waals surface area contributed by atoms with Gasteiger partial charge in [-0.3, -0.25) is 0 Å². The van der Waals surface area contributed by atoms with Crippen molar-refractivity contribution in [2.24, 2.45) is 0 Å². The van der Waals surface area contributed by atoms with Crippen LogP contribution in [0.4, 0.5) is 0 Å². The lowest BCUT2D eigenvalue weighted by Gasteiger charge is -2.02. The summed E-state index contributed by atoms with van der Waals surface area (Å²) in [5, 5.41) is 12.6. The Kier molecular flexibility index (Phi) is 4.40. The molecule has 0 aliphatic heterocycles. The number of aromatic nitrogens is 2. The summed E-state index contributed by atoms with van der Waals surface area (Å²) in [7, 11) is -3.46. The molecule has 0 aliphatic carbocycles. The van der Waals surface area contributed by atoms with Crippen LogP contribution in [0.3, 0.4) is 0 Å². The topological polar surface area (TPSA) is 96.8 Å². The van der Waals surface area contributed by atoms with Crippen molar-refractivity contribution >= 4 is 9.84 Å². The molecule has 0 fully saturated rings. The lowest BCUT2D eigenvalue weighted by molar-refractivity contribution is 0.389. The van der Waals surface area contributed by atoms with Crippen molar-refractivity contribution in [2.75, 3.05) is 0 Å². The molecule has 6 nitrogen and oxygen atoms in total. The maximum atomic E-state index is 12.3. The van der Waals surface area contributed by atoms with Crippen LogP contribution >= 0.6 is 0 Å². The highest BCUT2D eigenvalue weighted by atomic mass is 32.2. The van der Waals surface area contributed by atoms with Crippen molar-refractivity contribution in [1.82, 2.24) is 10.1 Å². The van der Waals surface area contributed by atoms with Crippen LogP contribution in [0, 0.1) is 11.3 Å². The minimum Gasteiger partial charge on any atom is -0.338 e. The monoisotopic (exact) mass is 339 g/mol. The second-order valence-corrected chi connectivity index (χ2v) is 7.28. The Morgan fingerprint density at radius 1 is 1.00 bits per heavy atom. The molecule has 1 aromatic heterocycles. The van der Waals surface area contributed by atoms with Crippen LogP contribution in [0.5, 0.6) is 0 Å². The van der Waals surface area contributed by atoms with Gasteiger partial charge >= 0.3 is 0 Å². The summed E-state index contributed by atoms with van der Waals surface area (Å²) in [6, 6.07) is 17.6. The smallest absolute Gasteiger partial charge is 0.242 e. The largest absolute Gasteiger partial charge is 0.338 e. The van der Waals surface area contributed by atoms with Gasteiger partial charge in [-0.2, -0.15) is 10.2 Å². The number of nitrogens with zero attached hydrogens (tertiary/aromatic N) is 3. The zero-order chi connectivity index (χ0) is 17.0. The molecule has 0 aliphatic rings. The van der Waals surface area contributed by atoms with Gasteiger partial charge in [0.05, 0.1) is 17.4 Å². The lowest BCUT2D eigenvalue weighted by atomic mass is 10.2. The summed E-state index contributed by atoms with van der Waals surface area (Å²) >= 11 is 0. The molecule has 7 heteroatoms. The van der Waals surface area contributed by atoms with E-state index in [1.807, 2.05) is 36.4 Å². The highest BCUT2D eigenvalue weighted by Crippen LogP contribution is 2.17. The van der Waals surface area contributed by atoms with E-state index in [0.717, 1.165) is 5.56 Å². The molecule has 0 atom stereocenters. The number of hydrogen-bond donors (Lipinski definition) is 0. The normalized spacial score (nSPS) is 11.1. The Bertz CT molecular complexity index is 972. The molecule has 3 aromatic rings. The highest BCUT2D eigenvalue weighted by molar-refractivity contribution is 7.89. The number of nitriles is 1. The van der Waals surface area contributed by atoms with E-state index >= 15 is 0 Å². The van der Waals surface area contributed by atoms with Crippen LogP contribution in [-0.4, -0.2) is 18.6 Å². The molecule has 0 bridgehead atoms. The third-order valence-electron chi connectivity index (χ3n) is 3.31. The summed E-state index contributed by atoms with van der Waals surface area (Å²) in [5.41, 5.74) is 1.86. The van der Waals surface area contributed by atoms with E-state index < -0.39 is 9.84 Å². The van der Waals surface area contributed by atoms with Crippen LogP contribution in [0.2, 0.25) is 0 Å². The average molecular weight is 339 g/mol. The summed E-state index contributed by atoms with van der Waals surface area (Å²) in [4.78, 5) is 4.13. The second-order valence-electron chi connectivity index (χ2n) is 5.22. The maximum absolute atomic E-state index is 12.3. The molecular weight excluding hydrogens is 326 g/mol. The first kappa shape index (κ1) is 15.9. The number of rotatable bonds is 5. The van der Waals surface area contributed by atoms with E-state index in [1.54, 1.807) is 24.3 Å². The minimum atomic E-state index is -3.46. The van der Waals surface area contributed by atoms with Crippen molar-refractivity contribution in [1.29, 1.82) is 5.26 Å². The Hall–Kier alpha value is -2.98. The van der Waals surface area contributed by atoms with Crippen LogP contribution in [0.15, 0.2) is 59.1 Å². The predicted molar refractivity (Wildman–Crippen MR) is 87.2 cm³/mol. The van der Waals surface area contributed by atoms with Gasteiger partial charge in [0.1, 0.15) is 5.75 Å². The van der Waals surface area contributed by atoms with Crippen molar-refractivity contribution in [3.05, 3.63) is 71.6 Å². The van der Waals surface area contributed by atoms with Gasteiger partial charge in [-0.15, -0.1) is 0 Å². The van der Waals surface area contributed by atoms with Crippen LogP contribution in [0.1, 0.15) is 17.0 Å². The zero-order valence-corrected chi connectivity index (χ0v) is 13.4. The number of benzene rings is 2. The Morgan fingerprint density at radius 3 is 2.38 bits per heavy atom. The molecule has 0 saturated heterocycles. The Morgan fingerprint density at radius 2 is 1.71 bits per heavy atom. The summed E-state index contributed by atoms with van der Waals surface area (Å²) in [6.07, 6.45) is 0. The fourth-order valence-corrected chi connectivity index (χ4v) is 3.48. The van der Waals surface area contributed by atoms with E-state index in [-0.39, 0.29) is 17.4 Å². The molecule has 0 radical (unpaired) electrons. The minimum absolute atomic E-state index is 0.0579. The first-order valence-corrected chi connectivity index (χ1v) is 8.95. The quantitative estimate of drug-likeness (QED) is 0.709. The van der Waals surface area contributed by atoms with E-state index in [0.29, 0.717) is 17.0 Å². The molecule has 2 aromatic carbocycles. The van der Waals surface area contributed by atoms with Crippen molar-refractivity contribution in [3.8, 4) is 17.5 Å². The number of hydrogen-bond acceptors (Lipinski definition) is 6. The molecule has 0 unspecified atom stereocenters. The van der Waals surface area contributed by atoms with Gasteiger partial charge in [-0.05, 0) is 17.7 Å². The molecular formula is C17H13N3O3S. The van der Waals surface area contributed by atoms with Gasteiger partial charge in [0.2, 0.25) is 11.7 Å². The van der Waals surface area contributed by atoms with Crippen molar-refractivity contribution in [2.45, 2.75) is 11.5 Å². The van der Waals surface area contributed by atoms with Crippen LogP contribution in [0.25, 0.3) is 11.4 Å². The molecule has 1 heterocycles. The fourth-order valence-electron chi connectivity index (χ4n) is 2.19. The standard InChI is InChI=1S/C17H13N3O3S/c18-10-13-6-8-14(9-7-13)11-24(21,22)12-16-19-17(20-23-16)15-4-2-1-3-5-15/h1-9H,11-12H2. The van der Waals surface area contributed by atoms with Gasteiger partial charge < -0.3 is 4.52 Å². The lowest BCUT2D eigenvalue weighted by Crippen LogP contribution is -2.08. The Labute approximate surface area is 139 Å². The van der Waals surface area contributed by atoms with Crippen molar-refractivity contribution in [3.63, 3.8) is 0 Å². The maximum Gasteiger partial charge on any atom is 0.242 e. The van der Waals surface area contributed by atoms with Gasteiger partial charge in [0.25, 0.3) is 0 Å². The van der Waals surface area contributed by atoms with Gasteiger partial charge in [0, 0.05) is 5.56 Å². The SMILES string of the molecule is N#Cc1ccc(CS(=O)(=O)Cc2nc(-c3ccccc3)no2)cc1. The molecule has 0 saturated carbocycles. The summed E-state index contributed by atoms with van der Waals surface area (Å²) in [6.45, 7) is 0. The molecule has 120 valence electrons. The first-order valence-electron chi connectivity index (χ1n) is 7.13. The third-order valence-corrected chi connectivity index (χ3v) is 4.77. The van der Waals surface area contributed by atoms with Crippen molar-refractivity contribution < 1.29 is 12.9 Å². The molecule has 0 amide bonds. The van der Waals surface area contributed by atoms with Gasteiger partial charge in [0.15, 0.2) is 9.84 Å². The molecule has 0 spiro atoms.